The summed E-state index contributed by atoms with van der Waals surface area (Å²) in [5.41, 5.74) is 0.847. The Morgan fingerprint density at radius 3 is 2.74 bits per heavy atom. The van der Waals surface area contributed by atoms with Crippen molar-refractivity contribution in [3.63, 3.8) is 0 Å². The molecule has 2 aromatic rings. The second kappa shape index (κ2) is 6.57. The lowest BCUT2D eigenvalue weighted by molar-refractivity contribution is -0.151. The highest BCUT2D eigenvalue weighted by Gasteiger charge is 2.34. The molecule has 0 fully saturated rings. The molecule has 1 atom stereocenters. The maximum Gasteiger partial charge on any atom is 0.389 e. The number of anilines is 1. The maximum absolute atomic E-state index is 12.4. The van der Waals surface area contributed by atoms with Crippen molar-refractivity contribution in [2.75, 3.05) is 11.9 Å². The third-order valence-electron chi connectivity index (χ3n) is 3.21. The van der Waals surface area contributed by atoms with Gasteiger partial charge in [-0.25, -0.2) is 4.68 Å². The van der Waals surface area contributed by atoms with Crippen LogP contribution in [0.3, 0.4) is 0 Å². The number of pyridine rings is 1. The second-order valence-electron chi connectivity index (χ2n) is 5.08. The van der Waals surface area contributed by atoms with Gasteiger partial charge in [-0.1, -0.05) is 18.5 Å². The van der Waals surface area contributed by atoms with Gasteiger partial charge in [-0.2, -0.15) is 18.3 Å². The van der Waals surface area contributed by atoms with Gasteiger partial charge in [-0.05, 0) is 12.1 Å². The van der Waals surface area contributed by atoms with Crippen LogP contribution in [0.2, 0.25) is 5.15 Å². The minimum Gasteiger partial charge on any atom is -0.311 e. The number of halogens is 4. The minimum atomic E-state index is -4.40. The summed E-state index contributed by atoms with van der Waals surface area (Å²) in [6.07, 6.45) is -0.993. The molecule has 9 heteroatoms. The molecule has 2 heterocycles. The molecule has 0 spiro atoms. The molecule has 0 aliphatic carbocycles. The van der Waals surface area contributed by atoms with Crippen LogP contribution in [0.25, 0.3) is 5.69 Å². The molecule has 0 radical (unpaired) electrons. The van der Waals surface area contributed by atoms with Crippen LogP contribution in [0.4, 0.5) is 18.9 Å². The molecule has 0 aromatic carbocycles. The first-order valence-corrected chi connectivity index (χ1v) is 7.06. The van der Waals surface area contributed by atoms with Crippen LogP contribution in [0.5, 0.6) is 0 Å². The van der Waals surface area contributed by atoms with Crippen molar-refractivity contribution in [2.24, 2.45) is 5.92 Å². The lowest BCUT2D eigenvalue weighted by Gasteiger charge is -2.21. The quantitative estimate of drug-likeness (QED) is 0.851. The van der Waals surface area contributed by atoms with E-state index in [9.17, 15) is 18.0 Å². The molecule has 124 valence electrons. The summed E-state index contributed by atoms with van der Waals surface area (Å²) in [6, 6.07) is 3.43. The number of rotatable bonds is 4. The number of alkyl halides is 3. The molecule has 1 unspecified atom stereocenters. The van der Waals surface area contributed by atoms with E-state index in [0.29, 0.717) is 5.69 Å². The monoisotopic (exact) mass is 346 g/mol. The summed E-state index contributed by atoms with van der Waals surface area (Å²) in [5.74, 6) is -1.90. The molecule has 0 aliphatic rings. The lowest BCUT2D eigenvalue weighted by atomic mass is 10.1. The maximum atomic E-state index is 12.4. The van der Waals surface area contributed by atoms with Crippen molar-refractivity contribution in [2.45, 2.75) is 19.5 Å². The fraction of sp³-hybridized carbons (Fsp3) is 0.357. The van der Waals surface area contributed by atoms with Crippen molar-refractivity contribution >= 4 is 23.2 Å². The van der Waals surface area contributed by atoms with Crippen molar-refractivity contribution in [1.82, 2.24) is 14.8 Å². The van der Waals surface area contributed by atoms with Crippen LogP contribution in [0.15, 0.2) is 30.7 Å². The van der Waals surface area contributed by atoms with Crippen molar-refractivity contribution < 1.29 is 18.0 Å². The van der Waals surface area contributed by atoms with E-state index >= 15 is 0 Å². The number of aromatic nitrogens is 3. The zero-order chi connectivity index (χ0) is 17.2. The smallest absolute Gasteiger partial charge is 0.311 e. The molecule has 0 N–H and O–H groups in total. The topological polar surface area (TPSA) is 51.0 Å². The van der Waals surface area contributed by atoms with Crippen molar-refractivity contribution in [1.29, 1.82) is 0 Å². The molecule has 0 saturated heterocycles. The summed E-state index contributed by atoms with van der Waals surface area (Å²) in [5, 5.41) is 4.06. The Morgan fingerprint density at radius 2 is 2.17 bits per heavy atom. The number of nitrogens with zero attached hydrogens (tertiary/aromatic N) is 4. The highest BCUT2D eigenvalue weighted by atomic mass is 35.5. The van der Waals surface area contributed by atoms with Gasteiger partial charge in [0.25, 0.3) is 0 Å². The van der Waals surface area contributed by atoms with Crippen LogP contribution in [0, 0.1) is 5.92 Å². The zero-order valence-electron chi connectivity index (χ0n) is 12.4. The molecule has 0 aliphatic heterocycles. The Kier molecular flexibility index (Phi) is 4.93. The fourth-order valence-electron chi connectivity index (χ4n) is 2.07. The summed E-state index contributed by atoms with van der Waals surface area (Å²) in [4.78, 5) is 17.2. The van der Waals surface area contributed by atoms with E-state index in [1.165, 1.54) is 24.9 Å². The Morgan fingerprint density at radius 1 is 1.48 bits per heavy atom. The van der Waals surface area contributed by atoms with E-state index in [2.05, 4.69) is 10.1 Å². The van der Waals surface area contributed by atoms with E-state index in [-0.39, 0.29) is 10.8 Å². The first kappa shape index (κ1) is 17.3. The van der Waals surface area contributed by atoms with Gasteiger partial charge in [-0.15, -0.1) is 0 Å². The van der Waals surface area contributed by atoms with Gasteiger partial charge in [-0.3, -0.25) is 9.78 Å². The average Bonchev–Trinajstić information content (AvgIpc) is 2.87. The minimum absolute atomic E-state index is 0.0175. The first-order chi connectivity index (χ1) is 10.7. The van der Waals surface area contributed by atoms with Crippen LogP contribution in [-0.2, 0) is 4.79 Å². The summed E-state index contributed by atoms with van der Waals surface area (Å²) in [7, 11) is 1.37. The summed E-state index contributed by atoms with van der Waals surface area (Å²) >= 11 is 6.00. The molecule has 2 rings (SSSR count). The first-order valence-electron chi connectivity index (χ1n) is 6.69. The molecule has 5 nitrogen and oxygen atoms in total. The van der Waals surface area contributed by atoms with E-state index in [0.717, 1.165) is 4.90 Å². The van der Waals surface area contributed by atoms with Gasteiger partial charge in [0.15, 0.2) is 5.15 Å². The predicted molar refractivity (Wildman–Crippen MR) is 79.6 cm³/mol. The van der Waals surface area contributed by atoms with Crippen LogP contribution < -0.4 is 4.90 Å². The van der Waals surface area contributed by atoms with E-state index in [4.69, 9.17) is 11.6 Å². The van der Waals surface area contributed by atoms with Gasteiger partial charge in [0, 0.05) is 19.2 Å². The molecule has 0 bridgehead atoms. The highest BCUT2D eigenvalue weighted by molar-refractivity contribution is 6.32. The summed E-state index contributed by atoms with van der Waals surface area (Å²) < 4.78 is 38.7. The molecule has 2 aromatic heterocycles. The van der Waals surface area contributed by atoms with E-state index < -0.39 is 24.4 Å². The number of carbonyl (C=O) groups excluding carboxylic acids is 1. The van der Waals surface area contributed by atoms with Gasteiger partial charge in [0.05, 0.1) is 24.5 Å². The van der Waals surface area contributed by atoms with Crippen molar-refractivity contribution in [3.8, 4) is 5.69 Å². The standard InChI is InChI=1S/C14H14ClF3N4O/c1-9(6-14(16,17)18)13(23)21(2)11-8-22(20-12(11)15)10-4-3-5-19-7-10/h3-5,7-9H,6H2,1-2H3. The number of hydrogen-bond donors (Lipinski definition) is 0. The Labute approximate surface area is 135 Å². The van der Waals surface area contributed by atoms with Crippen molar-refractivity contribution in [3.05, 3.63) is 35.9 Å². The number of carbonyl (C=O) groups is 1. The highest BCUT2D eigenvalue weighted by Crippen LogP contribution is 2.29. The largest absolute Gasteiger partial charge is 0.389 e. The van der Waals surface area contributed by atoms with E-state index in [1.807, 2.05) is 0 Å². The van der Waals surface area contributed by atoms with Crippen LogP contribution >= 0.6 is 11.6 Å². The third-order valence-corrected chi connectivity index (χ3v) is 3.48. The molecule has 1 amide bonds. The summed E-state index contributed by atoms with van der Waals surface area (Å²) in [6.45, 7) is 1.23. The fourth-order valence-corrected chi connectivity index (χ4v) is 2.33. The van der Waals surface area contributed by atoms with Crippen LogP contribution in [-0.4, -0.2) is 33.9 Å². The molecular weight excluding hydrogens is 333 g/mol. The Bertz CT molecular complexity index is 687. The third kappa shape index (κ3) is 4.22. The SMILES string of the molecule is CC(CC(F)(F)F)C(=O)N(C)c1cn(-c2cccnc2)nc1Cl. The second-order valence-corrected chi connectivity index (χ2v) is 5.44. The lowest BCUT2D eigenvalue weighted by Crippen LogP contribution is -2.33. The zero-order valence-corrected chi connectivity index (χ0v) is 13.1. The van der Waals surface area contributed by atoms with Gasteiger partial charge in [0.1, 0.15) is 5.69 Å². The van der Waals surface area contributed by atoms with Gasteiger partial charge in [0.2, 0.25) is 5.91 Å². The molecular formula is C14H14ClF3N4O. The Balaban J connectivity index is 2.21. The average molecular weight is 347 g/mol. The predicted octanol–water partition coefficient (Wildman–Crippen LogP) is 3.47. The number of amides is 1. The Hall–Kier alpha value is -2.09. The van der Waals surface area contributed by atoms with Gasteiger partial charge < -0.3 is 4.90 Å². The van der Waals surface area contributed by atoms with Gasteiger partial charge >= 0.3 is 6.18 Å². The van der Waals surface area contributed by atoms with Crippen LogP contribution in [0.1, 0.15) is 13.3 Å². The molecule has 23 heavy (non-hydrogen) atoms. The number of hydrogen-bond acceptors (Lipinski definition) is 3. The molecule has 0 saturated carbocycles. The normalized spacial score (nSPS) is 13.0. The van der Waals surface area contributed by atoms with E-state index in [1.54, 1.807) is 24.5 Å².